The number of fused-ring (bicyclic) bond motifs is 1. The molecule has 30 heavy (non-hydrogen) atoms. The number of rotatable bonds is 5. The van der Waals surface area contributed by atoms with E-state index in [9.17, 15) is 14.4 Å². The predicted octanol–water partition coefficient (Wildman–Crippen LogP) is 4.50. The number of carbonyl (C=O) groups excluding carboxylic acids is 2. The molecule has 1 aromatic heterocycles. The maximum absolute atomic E-state index is 12.8. The Bertz CT molecular complexity index is 1290. The van der Waals surface area contributed by atoms with Gasteiger partial charge in [-0.05, 0) is 48.2 Å². The fourth-order valence-electron chi connectivity index (χ4n) is 3.38. The van der Waals surface area contributed by atoms with Crippen LogP contribution >= 0.6 is 0 Å². The number of pyridine rings is 1. The second kappa shape index (κ2) is 8.17. The minimum Gasteiger partial charge on any atom is -0.329 e. The summed E-state index contributed by atoms with van der Waals surface area (Å²) in [7, 11) is 0. The lowest BCUT2D eigenvalue weighted by Gasteiger charge is -2.14. The van der Waals surface area contributed by atoms with Gasteiger partial charge in [0.2, 0.25) is 5.91 Å². The van der Waals surface area contributed by atoms with Gasteiger partial charge in [-0.3, -0.25) is 14.4 Å². The minimum absolute atomic E-state index is 0.0789. The molecule has 0 spiro atoms. The molecule has 1 amide bonds. The van der Waals surface area contributed by atoms with Crippen molar-refractivity contribution in [1.82, 2.24) is 4.98 Å². The molecule has 0 aliphatic heterocycles. The highest BCUT2D eigenvalue weighted by Crippen LogP contribution is 2.22. The summed E-state index contributed by atoms with van der Waals surface area (Å²) in [6.45, 7) is 1.80. The van der Waals surface area contributed by atoms with E-state index in [0.29, 0.717) is 22.2 Å². The van der Waals surface area contributed by atoms with E-state index in [2.05, 4.69) is 10.3 Å². The highest BCUT2D eigenvalue weighted by atomic mass is 16.2. The van der Waals surface area contributed by atoms with E-state index in [1.165, 1.54) is 0 Å². The molecule has 4 rings (SSSR count). The topological polar surface area (TPSA) is 79.0 Å². The van der Waals surface area contributed by atoms with Crippen LogP contribution in [0.25, 0.3) is 10.8 Å². The van der Waals surface area contributed by atoms with Gasteiger partial charge < -0.3 is 10.3 Å². The van der Waals surface area contributed by atoms with Crippen molar-refractivity contribution in [2.45, 2.75) is 12.8 Å². The summed E-state index contributed by atoms with van der Waals surface area (Å²) in [5.74, 6) is -0.725. The molecule has 3 aromatic carbocycles. The van der Waals surface area contributed by atoms with Crippen LogP contribution in [0.1, 0.15) is 34.3 Å². The smallest absolute Gasteiger partial charge is 0.255 e. The third kappa shape index (κ3) is 3.91. The SMILES string of the molecule is CC(C(=O)Nc1ccc2c(=O)[nH]ccc2c1)c1cccc(C(=O)c2ccccc2)c1. The van der Waals surface area contributed by atoms with Crippen molar-refractivity contribution in [1.29, 1.82) is 0 Å². The summed E-state index contributed by atoms with van der Waals surface area (Å²) < 4.78 is 0. The first-order chi connectivity index (χ1) is 14.5. The number of hydrogen-bond acceptors (Lipinski definition) is 3. The molecule has 148 valence electrons. The van der Waals surface area contributed by atoms with Crippen molar-refractivity contribution in [3.63, 3.8) is 0 Å². The summed E-state index contributed by atoms with van der Waals surface area (Å²) in [5.41, 5.74) is 2.35. The minimum atomic E-state index is -0.455. The lowest BCUT2D eigenvalue weighted by atomic mass is 9.95. The molecule has 1 atom stereocenters. The Morgan fingerprint density at radius 3 is 2.43 bits per heavy atom. The number of ketones is 1. The van der Waals surface area contributed by atoms with Gasteiger partial charge in [-0.1, -0.05) is 48.5 Å². The Morgan fingerprint density at radius 2 is 1.63 bits per heavy atom. The Kier molecular flexibility index (Phi) is 5.26. The summed E-state index contributed by atoms with van der Waals surface area (Å²) >= 11 is 0. The van der Waals surface area contributed by atoms with Gasteiger partial charge in [0.05, 0.1) is 5.92 Å². The molecule has 0 saturated carbocycles. The van der Waals surface area contributed by atoms with Crippen LogP contribution in [0.5, 0.6) is 0 Å². The molecule has 0 bridgehead atoms. The van der Waals surface area contributed by atoms with Gasteiger partial charge in [-0.2, -0.15) is 0 Å². The van der Waals surface area contributed by atoms with Crippen molar-refractivity contribution < 1.29 is 9.59 Å². The van der Waals surface area contributed by atoms with E-state index in [0.717, 1.165) is 10.9 Å². The number of hydrogen-bond donors (Lipinski definition) is 2. The van der Waals surface area contributed by atoms with E-state index in [-0.39, 0.29) is 17.2 Å². The van der Waals surface area contributed by atoms with Crippen LogP contribution in [0.2, 0.25) is 0 Å². The monoisotopic (exact) mass is 396 g/mol. The Balaban J connectivity index is 1.54. The molecule has 2 N–H and O–H groups in total. The maximum Gasteiger partial charge on any atom is 0.255 e. The number of amides is 1. The van der Waals surface area contributed by atoms with Crippen LogP contribution in [0, 0.1) is 0 Å². The third-order valence-electron chi connectivity index (χ3n) is 5.12. The second-order valence-electron chi connectivity index (χ2n) is 7.14. The normalized spacial score (nSPS) is 11.8. The van der Waals surface area contributed by atoms with Crippen LogP contribution in [-0.4, -0.2) is 16.7 Å². The van der Waals surface area contributed by atoms with E-state index in [1.807, 2.05) is 24.3 Å². The average molecular weight is 396 g/mol. The van der Waals surface area contributed by atoms with Gasteiger partial charge in [0.1, 0.15) is 0 Å². The fourth-order valence-corrected chi connectivity index (χ4v) is 3.38. The maximum atomic E-state index is 12.8. The molecule has 5 nitrogen and oxygen atoms in total. The molecule has 0 aliphatic carbocycles. The van der Waals surface area contributed by atoms with E-state index < -0.39 is 5.92 Å². The van der Waals surface area contributed by atoms with Crippen LogP contribution in [-0.2, 0) is 4.79 Å². The van der Waals surface area contributed by atoms with Crippen molar-refractivity contribution >= 4 is 28.2 Å². The van der Waals surface area contributed by atoms with Gasteiger partial charge in [0.25, 0.3) is 5.56 Å². The first-order valence-electron chi connectivity index (χ1n) is 9.65. The molecule has 1 heterocycles. The number of aromatic nitrogens is 1. The highest BCUT2D eigenvalue weighted by molar-refractivity contribution is 6.09. The second-order valence-corrected chi connectivity index (χ2v) is 7.14. The first kappa shape index (κ1) is 19.3. The number of aromatic amines is 1. The van der Waals surface area contributed by atoms with Gasteiger partial charge in [-0.15, -0.1) is 0 Å². The van der Waals surface area contributed by atoms with E-state index in [1.54, 1.807) is 67.7 Å². The van der Waals surface area contributed by atoms with Crippen molar-refractivity contribution in [2.24, 2.45) is 0 Å². The number of H-pyrrole nitrogens is 1. The lowest BCUT2D eigenvalue weighted by Crippen LogP contribution is -2.19. The molecule has 1 unspecified atom stereocenters. The molecule has 5 heteroatoms. The molecule has 0 fully saturated rings. The Hall–Kier alpha value is -3.99. The number of benzene rings is 3. The predicted molar refractivity (Wildman–Crippen MR) is 118 cm³/mol. The third-order valence-corrected chi connectivity index (χ3v) is 5.12. The average Bonchev–Trinajstić information content (AvgIpc) is 2.79. The lowest BCUT2D eigenvalue weighted by molar-refractivity contribution is -0.117. The zero-order chi connectivity index (χ0) is 21.1. The van der Waals surface area contributed by atoms with Crippen molar-refractivity contribution in [3.05, 3.63) is 112 Å². The largest absolute Gasteiger partial charge is 0.329 e. The highest BCUT2D eigenvalue weighted by Gasteiger charge is 2.18. The first-order valence-corrected chi connectivity index (χ1v) is 9.65. The fraction of sp³-hybridized carbons (Fsp3) is 0.0800. The molecule has 0 saturated heterocycles. The van der Waals surface area contributed by atoms with Gasteiger partial charge in [0, 0.05) is 28.4 Å². The molecule has 4 aromatic rings. The molecule has 0 radical (unpaired) electrons. The summed E-state index contributed by atoms with van der Waals surface area (Å²) in [4.78, 5) is 40.0. The van der Waals surface area contributed by atoms with Gasteiger partial charge in [-0.25, -0.2) is 0 Å². The van der Waals surface area contributed by atoms with E-state index >= 15 is 0 Å². The van der Waals surface area contributed by atoms with Gasteiger partial charge >= 0.3 is 0 Å². The Labute approximate surface area is 173 Å². The molecular formula is C25H20N2O3. The van der Waals surface area contributed by atoms with Crippen LogP contribution in [0.3, 0.4) is 0 Å². The number of carbonyl (C=O) groups is 2. The quantitative estimate of drug-likeness (QED) is 0.488. The Morgan fingerprint density at radius 1 is 0.867 bits per heavy atom. The summed E-state index contributed by atoms with van der Waals surface area (Å²) in [6, 6.07) is 23.2. The van der Waals surface area contributed by atoms with Crippen LogP contribution in [0.15, 0.2) is 89.9 Å². The molecular weight excluding hydrogens is 376 g/mol. The van der Waals surface area contributed by atoms with Gasteiger partial charge in [0.15, 0.2) is 5.78 Å². The van der Waals surface area contributed by atoms with Crippen molar-refractivity contribution in [3.8, 4) is 0 Å². The standard InChI is InChI=1S/C25H20N2O3/c1-16(18-8-5-9-20(14-18)23(28)17-6-3-2-4-7-17)24(29)27-21-10-11-22-19(15-21)12-13-26-25(22)30/h2-16H,1H3,(H,26,30)(H,27,29). The summed E-state index contributed by atoms with van der Waals surface area (Å²) in [6.07, 6.45) is 1.58. The van der Waals surface area contributed by atoms with E-state index in [4.69, 9.17) is 0 Å². The molecule has 0 aliphatic rings. The van der Waals surface area contributed by atoms with Crippen molar-refractivity contribution in [2.75, 3.05) is 5.32 Å². The zero-order valence-electron chi connectivity index (χ0n) is 16.4. The zero-order valence-corrected chi connectivity index (χ0v) is 16.4. The van der Waals surface area contributed by atoms with Crippen LogP contribution < -0.4 is 10.9 Å². The number of nitrogens with one attached hydrogen (secondary N) is 2. The number of anilines is 1. The summed E-state index contributed by atoms with van der Waals surface area (Å²) in [5, 5.41) is 4.21. The van der Waals surface area contributed by atoms with Crippen LogP contribution in [0.4, 0.5) is 5.69 Å².